The third-order valence-electron chi connectivity index (χ3n) is 4.82. The van der Waals surface area contributed by atoms with Crippen molar-refractivity contribution in [3.8, 4) is 28.7 Å². The number of nitriles is 1. The molecule has 0 fully saturated rings. The molecule has 9 heteroatoms. The molecule has 2 heterocycles. The number of aromatic nitrogens is 2. The fourth-order valence-electron chi connectivity index (χ4n) is 3.36. The Morgan fingerprint density at radius 2 is 1.82 bits per heavy atom. The summed E-state index contributed by atoms with van der Waals surface area (Å²) in [5.74, 6) is -1.11. The largest absolute Gasteiger partial charge is 0.454 e. The second kappa shape index (κ2) is 9.52. The molecule has 2 aromatic heterocycles. The van der Waals surface area contributed by atoms with Crippen LogP contribution in [0.3, 0.4) is 0 Å². The first-order valence-electron chi connectivity index (χ1n) is 9.86. The van der Waals surface area contributed by atoms with Gasteiger partial charge in [-0.2, -0.15) is 5.26 Å². The molecule has 0 spiro atoms. The van der Waals surface area contributed by atoms with Crippen molar-refractivity contribution in [2.45, 2.75) is 30.4 Å². The molecule has 0 aliphatic rings. The van der Waals surface area contributed by atoms with E-state index in [1.165, 1.54) is 26.9 Å². The number of nitrogens with zero attached hydrogens (tertiary/aromatic N) is 3. The Labute approximate surface area is 211 Å². The number of rotatable bonds is 6. The van der Waals surface area contributed by atoms with Crippen LogP contribution in [0.1, 0.15) is 19.5 Å². The molecule has 0 radical (unpaired) electrons. The van der Waals surface area contributed by atoms with Crippen LogP contribution < -0.4 is 4.74 Å². The van der Waals surface area contributed by atoms with Crippen molar-refractivity contribution in [2.24, 2.45) is 0 Å². The van der Waals surface area contributed by atoms with Crippen LogP contribution in [0.4, 0.5) is 8.78 Å². The minimum Gasteiger partial charge on any atom is -0.454 e. The lowest BCUT2D eigenvalue weighted by atomic mass is 10.0. The lowest BCUT2D eigenvalue weighted by Crippen LogP contribution is -2.09. The molecule has 33 heavy (non-hydrogen) atoms. The quantitative estimate of drug-likeness (QED) is 0.166. The summed E-state index contributed by atoms with van der Waals surface area (Å²) in [6.45, 7) is 5.61. The number of halogens is 3. The summed E-state index contributed by atoms with van der Waals surface area (Å²) in [7, 11) is 1.51. The fraction of sp³-hybridized carbons (Fsp3) is 0.167. The molecule has 4 aromatic rings. The van der Waals surface area contributed by atoms with Crippen molar-refractivity contribution in [1.82, 2.24) is 8.96 Å². The summed E-state index contributed by atoms with van der Waals surface area (Å²) in [6.07, 6.45) is 1.94. The van der Waals surface area contributed by atoms with Crippen molar-refractivity contribution >= 4 is 53.1 Å². The summed E-state index contributed by atoms with van der Waals surface area (Å²) < 4.78 is 35.0. The van der Waals surface area contributed by atoms with Gasteiger partial charge < -0.3 is 4.74 Å². The van der Waals surface area contributed by atoms with Crippen LogP contribution in [0.15, 0.2) is 59.6 Å². The van der Waals surface area contributed by atoms with Crippen molar-refractivity contribution in [3.05, 3.63) is 72.1 Å². The second-order valence-electron chi connectivity index (χ2n) is 7.82. The fourth-order valence-corrected chi connectivity index (χ4v) is 5.57. The van der Waals surface area contributed by atoms with Crippen LogP contribution in [0.5, 0.6) is 11.5 Å². The van der Waals surface area contributed by atoms with Crippen LogP contribution in [-0.2, 0) is 0 Å². The van der Waals surface area contributed by atoms with E-state index in [0.29, 0.717) is 5.75 Å². The number of fused-ring (bicyclic) bond motifs is 1. The van der Waals surface area contributed by atoms with Crippen molar-refractivity contribution in [1.29, 1.82) is 5.26 Å². The Kier molecular flexibility index (Phi) is 6.88. The topological polar surface area (TPSA) is 50.8 Å². The van der Waals surface area contributed by atoms with E-state index in [9.17, 15) is 14.0 Å². The molecule has 0 atom stereocenters. The minimum atomic E-state index is -0.784. The Balaban J connectivity index is 1.91. The predicted octanol–water partition coefficient (Wildman–Crippen LogP) is 8.32. The number of thioether (sulfide) groups is 1. The van der Waals surface area contributed by atoms with Crippen LogP contribution >= 0.6 is 42.1 Å². The first kappa shape index (κ1) is 23.9. The molecule has 0 saturated heterocycles. The average molecular weight is 593 g/mol. The van der Waals surface area contributed by atoms with E-state index in [2.05, 4.69) is 32.3 Å². The van der Waals surface area contributed by atoms with E-state index in [0.717, 1.165) is 44.9 Å². The number of pyridine rings is 1. The van der Waals surface area contributed by atoms with Crippen LogP contribution in [0.2, 0.25) is 0 Å². The van der Waals surface area contributed by atoms with Crippen molar-refractivity contribution < 1.29 is 13.5 Å². The summed E-state index contributed by atoms with van der Waals surface area (Å²) in [6, 6.07) is 15.0. The maximum absolute atomic E-state index is 14.4. The lowest BCUT2D eigenvalue weighted by Gasteiger charge is -2.18. The zero-order chi connectivity index (χ0) is 23.8. The smallest absolute Gasteiger partial charge is 0.168 e. The average Bonchev–Trinajstić information content (AvgIpc) is 3.18. The molecule has 0 unspecified atom stereocenters. The van der Waals surface area contributed by atoms with Crippen LogP contribution in [0, 0.1) is 29.9 Å². The second-order valence-corrected chi connectivity index (χ2v) is 11.2. The SMILES string of the molecule is Cc1cc(-c2cc(SC(C)(C)C#N)ccc2Oc2ccc(F)cc2F)c2ccn(SI)c2n1. The molecule has 168 valence electrons. The molecule has 0 N–H and O–H groups in total. The highest BCUT2D eigenvalue weighted by Gasteiger charge is 2.21. The van der Waals surface area contributed by atoms with Gasteiger partial charge in [-0.25, -0.2) is 13.8 Å². The maximum Gasteiger partial charge on any atom is 0.168 e. The molecule has 0 bridgehead atoms. The van der Waals surface area contributed by atoms with Gasteiger partial charge in [0.25, 0.3) is 0 Å². The van der Waals surface area contributed by atoms with E-state index in [-0.39, 0.29) is 5.75 Å². The van der Waals surface area contributed by atoms with E-state index in [4.69, 9.17) is 4.74 Å². The lowest BCUT2D eigenvalue weighted by molar-refractivity contribution is 0.439. The minimum absolute atomic E-state index is 0.0715. The highest BCUT2D eigenvalue weighted by Crippen LogP contribution is 2.43. The molecule has 0 saturated carbocycles. The first-order chi connectivity index (χ1) is 15.7. The van der Waals surface area contributed by atoms with Gasteiger partial charge in [-0.1, -0.05) is 0 Å². The number of ether oxygens (including phenoxy) is 1. The normalized spacial score (nSPS) is 11.5. The van der Waals surface area contributed by atoms with Crippen molar-refractivity contribution in [2.75, 3.05) is 0 Å². The molecule has 0 amide bonds. The summed E-state index contributed by atoms with van der Waals surface area (Å²) in [5.41, 5.74) is 3.22. The van der Waals surface area contributed by atoms with E-state index < -0.39 is 16.4 Å². The molecule has 0 aliphatic heterocycles. The Bertz CT molecular complexity index is 1400. The molecular weight excluding hydrogens is 575 g/mol. The van der Waals surface area contributed by atoms with Crippen LogP contribution in [0.25, 0.3) is 22.2 Å². The Morgan fingerprint density at radius 1 is 1.06 bits per heavy atom. The first-order valence-corrected chi connectivity index (χ1v) is 14.0. The summed E-state index contributed by atoms with van der Waals surface area (Å²) in [5, 5.41) is 10.4. The Morgan fingerprint density at radius 3 is 2.52 bits per heavy atom. The van der Waals surface area contributed by atoms with Gasteiger partial charge in [0.15, 0.2) is 17.2 Å². The third kappa shape index (κ3) is 5.13. The third-order valence-corrected chi connectivity index (χ3v) is 7.63. The van der Waals surface area contributed by atoms with E-state index in [1.807, 2.05) is 55.2 Å². The van der Waals surface area contributed by atoms with Gasteiger partial charge >= 0.3 is 0 Å². The van der Waals surface area contributed by atoms with Crippen LogP contribution in [-0.4, -0.2) is 13.7 Å². The van der Waals surface area contributed by atoms with Gasteiger partial charge in [-0.3, -0.25) is 3.97 Å². The monoisotopic (exact) mass is 593 g/mol. The number of hydrogen-bond acceptors (Lipinski definition) is 5. The predicted molar refractivity (Wildman–Crippen MR) is 139 cm³/mol. The molecular formula is C24H18F2IN3OS2. The molecule has 2 aromatic carbocycles. The standard InChI is InChI=1S/C24H18F2IN3OS2/c1-14-10-18(17-8-9-30(33-27)23(17)29-14)19-12-16(32-24(2,3)13-28)5-7-21(19)31-22-6-4-15(25)11-20(22)26/h4-12H,1-3H3. The maximum atomic E-state index is 14.4. The van der Waals surface area contributed by atoms with Gasteiger partial charge in [-0.15, -0.1) is 11.8 Å². The number of benzene rings is 2. The van der Waals surface area contributed by atoms with Gasteiger partial charge in [0.2, 0.25) is 0 Å². The van der Waals surface area contributed by atoms with Gasteiger partial charge in [0.05, 0.1) is 6.07 Å². The number of aryl methyl sites for hydroxylation is 1. The van der Waals surface area contributed by atoms with E-state index in [1.54, 1.807) is 6.07 Å². The highest BCUT2D eigenvalue weighted by atomic mass is 127. The number of hydrogen-bond donors (Lipinski definition) is 0. The highest BCUT2D eigenvalue weighted by molar-refractivity contribution is 14.2. The summed E-state index contributed by atoms with van der Waals surface area (Å²) in [4.78, 5) is 5.54. The van der Waals surface area contributed by atoms with Crippen molar-refractivity contribution in [3.63, 3.8) is 0 Å². The molecule has 4 rings (SSSR count). The zero-order valence-corrected chi connectivity index (χ0v) is 21.7. The van der Waals surface area contributed by atoms with E-state index >= 15 is 0 Å². The zero-order valence-electron chi connectivity index (χ0n) is 17.9. The molecule has 0 aliphatic carbocycles. The Hall–Kier alpha value is -2.29. The summed E-state index contributed by atoms with van der Waals surface area (Å²) >= 11 is 3.62. The van der Waals surface area contributed by atoms with Gasteiger partial charge in [0, 0.05) is 64.1 Å². The molecule has 4 nitrogen and oxygen atoms in total. The van der Waals surface area contributed by atoms with Gasteiger partial charge in [-0.05, 0) is 68.8 Å². The van der Waals surface area contributed by atoms with Gasteiger partial charge in [0.1, 0.15) is 16.3 Å².